The minimum atomic E-state index is -1.23. The molecule has 28 heavy (non-hydrogen) atoms. The molecule has 1 aliphatic carbocycles. The quantitative estimate of drug-likeness (QED) is 0.574. The fourth-order valence-electron chi connectivity index (χ4n) is 3.79. The molecule has 8 nitrogen and oxygen atoms in total. The number of nitrogens with one attached hydrogen (secondary N) is 2. The molecule has 0 aromatic heterocycles. The van der Waals surface area contributed by atoms with Gasteiger partial charge in [-0.25, -0.2) is 4.79 Å². The summed E-state index contributed by atoms with van der Waals surface area (Å²) in [6.45, 7) is 1.25. The number of hydrogen-bond acceptors (Lipinski definition) is 5. The molecule has 1 aliphatic heterocycles. The van der Waals surface area contributed by atoms with E-state index in [1.807, 2.05) is 6.07 Å². The van der Waals surface area contributed by atoms with Crippen molar-refractivity contribution >= 4 is 23.8 Å². The first-order valence-corrected chi connectivity index (χ1v) is 9.66. The van der Waals surface area contributed by atoms with Gasteiger partial charge in [-0.3, -0.25) is 19.8 Å². The number of esters is 1. The highest BCUT2D eigenvalue weighted by atomic mass is 16.5. The Hall–Kier alpha value is -2.90. The highest BCUT2D eigenvalue weighted by molar-refractivity contribution is 6.08. The Morgan fingerprint density at radius 2 is 1.86 bits per heavy atom. The van der Waals surface area contributed by atoms with Crippen molar-refractivity contribution in [3.63, 3.8) is 0 Å². The van der Waals surface area contributed by atoms with Gasteiger partial charge in [0.15, 0.2) is 6.61 Å². The van der Waals surface area contributed by atoms with Crippen molar-refractivity contribution < 1.29 is 23.9 Å². The third-order valence-electron chi connectivity index (χ3n) is 5.41. The summed E-state index contributed by atoms with van der Waals surface area (Å²) in [6, 6.07) is 8.14. The Labute approximate surface area is 163 Å². The molecule has 1 aromatic rings. The van der Waals surface area contributed by atoms with E-state index in [0.29, 0.717) is 17.0 Å². The second-order valence-electron chi connectivity index (χ2n) is 7.17. The van der Waals surface area contributed by atoms with Crippen LogP contribution in [0.1, 0.15) is 51.0 Å². The number of rotatable bonds is 6. The normalized spacial score (nSPS) is 22.7. The Bertz CT molecular complexity index is 760. The van der Waals surface area contributed by atoms with Crippen LogP contribution in [-0.2, 0) is 24.7 Å². The number of urea groups is 1. The van der Waals surface area contributed by atoms with Gasteiger partial charge in [0.25, 0.3) is 11.8 Å². The first-order valence-electron chi connectivity index (χ1n) is 9.66. The van der Waals surface area contributed by atoms with Gasteiger partial charge >= 0.3 is 12.0 Å². The van der Waals surface area contributed by atoms with Gasteiger partial charge in [-0.2, -0.15) is 5.01 Å². The average Bonchev–Trinajstić information content (AvgIpc) is 2.98. The molecule has 8 heteroatoms. The van der Waals surface area contributed by atoms with Gasteiger partial charge in [0.2, 0.25) is 0 Å². The van der Waals surface area contributed by atoms with Crippen LogP contribution < -0.4 is 10.7 Å². The summed E-state index contributed by atoms with van der Waals surface area (Å²) in [6.07, 6.45) is 4.93. The van der Waals surface area contributed by atoms with Crippen LogP contribution in [0.5, 0.6) is 0 Å². The lowest BCUT2D eigenvalue weighted by Crippen LogP contribution is -2.49. The maximum Gasteiger partial charge on any atom is 0.344 e. The molecule has 3 rings (SSSR count). The molecular weight excluding hydrogens is 362 g/mol. The van der Waals surface area contributed by atoms with Crippen molar-refractivity contribution in [1.29, 1.82) is 0 Å². The van der Waals surface area contributed by atoms with Crippen molar-refractivity contribution in [3.05, 3.63) is 35.9 Å². The summed E-state index contributed by atoms with van der Waals surface area (Å²) in [4.78, 5) is 49.4. The molecule has 2 N–H and O–H groups in total. The Morgan fingerprint density at radius 1 is 1.18 bits per heavy atom. The fraction of sp³-hybridized carbons (Fsp3) is 0.500. The van der Waals surface area contributed by atoms with Crippen molar-refractivity contribution in [1.82, 2.24) is 15.8 Å². The molecule has 1 saturated heterocycles. The maximum absolute atomic E-state index is 12.9. The van der Waals surface area contributed by atoms with E-state index in [2.05, 4.69) is 10.7 Å². The molecule has 1 aromatic carbocycles. The first kappa shape index (κ1) is 19.9. The van der Waals surface area contributed by atoms with Gasteiger partial charge in [-0.15, -0.1) is 0 Å². The minimum Gasteiger partial charge on any atom is -0.455 e. The van der Waals surface area contributed by atoms with E-state index in [1.165, 1.54) is 0 Å². The van der Waals surface area contributed by atoms with Gasteiger partial charge < -0.3 is 10.1 Å². The van der Waals surface area contributed by atoms with Crippen molar-refractivity contribution in [2.45, 2.75) is 51.0 Å². The van der Waals surface area contributed by atoms with Crippen LogP contribution in [0.2, 0.25) is 0 Å². The van der Waals surface area contributed by atoms with Gasteiger partial charge in [0, 0.05) is 0 Å². The van der Waals surface area contributed by atoms with E-state index >= 15 is 0 Å². The lowest BCUT2D eigenvalue weighted by Gasteiger charge is -2.25. The van der Waals surface area contributed by atoms with Crippen molar-refractivity contribution in [3.8, 4) is 0 Å². The standard InChI is InChI=1S/C20H25N3O5/c1-2-20(15-11-7-4-8-12-15)18(26)23(19(27)21-20)22-16(24)13-28-17(25)14-9-5-3-6-10-14/h4,7-8,11-12,14H,2-3,5-6,9-10,13H2,1H3,(H,21,27)(H,22,24)/t20-/m1/s1. The lowest BCUT2D eigenvalue weighted by molar-refractivity contribution is -0.155. The highest BCUT2D eigenvalue weighted by Crippen LogP contribution is 2.31. The molecule has 0 radical (unpaired) electrons. The number of benzene rings is 1. The van der Waals surface area contributed by atoms with Crippen LogP contribution in [0, 0.1) is 5.92 Å². The van der Waals surface area contributed by atoms with E-state index in [9.17, 15) is 19.2 Å². The number of ether oxygens (including phenoxy) is 1. The smallest absolute Gasteiger partial charge is 0.344 e. The second kappa shape index (κ2) is 8.41. The van der Waals surface area contributed by atoms with Gasteiger partial charge in [-0.1, -0.05) is 56.5 Å². The molecule has 1 saturated carbocycles. The van der Waals surface area contributed by atoms with Crippen LogP contribution in [0.3, 0.4) is 0 Å². The SMILES string of the molecule is CC[C@]1(c2ccccc2)NC(=O)N(NC(=O)COC(=O)C2CCCCC2)C1=O. The molecule has 1 heterocycles. The number of carbonyl (C=O) groups excluding carboxylic acids is 4. The van der Waals surface area contributed by atoms with Gasteiger partial charge in [0.05, 0.1) is 5.92 Å². The lowest BCUT2D eigenvalue weighted by atomic mass is 9.87. The zero-order valence-electron chi connectivity index (χ0n) is 15.9. The Kier molecular flexibility index (Phi) is 5.96. The van der Waals surface area contributed by atoms with E-state index in [1.54, 1.807) is 31.2 Å². The Morgan fingerprint density at radius 3 is 2.50 bits per heavy atom. The number of nitrogens with zero attached hydrogens (tertiary/aromatic N) is 1. The molecule has 0 spiro atoms. The molecule has 4 amide bonds. The maximum atomic E-state index is 12.9. The fourth-order valence-corrected chi connectivity index (χ4v) is 3.79. The predicted octanol–water partition coefficient (Wildman–Crippen LogP) is 2.00. The van der Waals surface area contributed by atoms with E-state index in [4.69, 9.17) is 4.74 Å². The number of imide groups is 1. The largest absolute Gasteiger partial charge is 0.455 e. The first-order chi connectivity index (χ1) is 13.5. The molecule has 1 atom stereocenters. The van der Waals surface area contributed by atoms with Crippen molar-refractivity contribution in [2.24, 2.45) is 5.92 Å². The number of hydrazine groups is 1. The summed E-state index contributed by atoms with van der Waals surface area (Å²) in [5, 5.41) is 3.33. The van der Waals surface area contributed by atoms with E-state index in [0.717, 1.165) is 32.1 Å². The van der Waals surface area contributed by atoms with Crippen LogP contribution in [-0.4, -0.2) is 35.4 Å². The average molecular weight is 387 g/mol. The van der Waals surface area contributed by atoms with Crippen LogP contribution in [0.25, 0.3) is 0 Å². The highest BCUT2D eigenvalue weighted by Gasteiger charge is 2.52. The third-order valence-corrected chi connectivity index (χ3v) is 5.41. The van der Waals surface area contributed by atoms with E-state index in [-0.39, 0.29) is 5.92 Å². The summed E-state index contributed by atoms with van der Waals surface area (Å²) in [5.41, 5.74) is 1.65. The number of amides is 4. The van der Waals surface area contributed by atoms with E-state index < -0.39 is 36.0 Å². The molecule has 2 fully saturated rings. The predicted molar refractivity (Wildman–Crippen MR) is 99.5 cm³/mol. The third kappa shape index (κ3) is 3.85. The summed E-state index contributed by atoms with van der Waals surface area (Å²) in [5.74, 6) is -1.88. The zero-order valence-corrected chi connectivity index (χ0v) is 15.9. The molecule has 2 aliphatic rings. The summed E-state index contributed by atoms with van der Waals surface area (Å²) < 4.78 is 5.07. The van der Waals surface area contributed by atoms with Gasteiger partial charge in [-0.05, 0) is 24.8 Å². The van der Waals surface area contributed by atoms with Crippen LogP contribution >= 0.6 is 0 Å². The van der Waals surface area contributed by atoms with Crippen LogP contribution in [0.15, 0.2) is 30.3 Å². The minimum absolute atomic E-state index is 0.177. The summed E-state index contributed by atoms with van der Waals surface area (Å²) in [7, 11) is 0. The monoisotopic (exact) mass is 387 g/mol. The number of carbonyl (C=O) groups is 4. The molecule has 0 unspecified atom stereocenters. The second-order valence-corrected chi connectivity index (χ2v) is 7.17. The Balaban J connectivity index is 1.61. The number of hydrogen-bond donors (Lipinski definition) is 2. The molecular formula is C20H25N3O5. The van der Waals surface area contributed by atoms with Crippen molar-refractivity contribution in [2.75, 3.05) is 6.61 Å². The molecule has 0 bridgehead atoms. The van der Waals surface area contributed by atoms with Gasteiger partial charge in [0.1, 0.15) is 5.54 Å². The molecule has 150 valence electrons. The topological polar surface area (TPSA) is 105 Å². The summed E-state index contributed by atoms with van der Waals surface area (Å²) >= 11 is 0. The zero-order chi connectivity index (χ0) is 20.1. The van der Waals surface area contributed by atoms with Crippen LogP contribution in [0.4, 0.5) is 4.79 Å².